The third kappa shape index (κ3) is 4.47. The van der Waals surface area contributed by atoms with E-state index in [2.05, 4.69) is 39.4 Å². The van der Waals surface area contributed by atoms with Crippen LogP contribution in [0.2, 0.25) is 0 Å². The second-order valence-corrected chi connectivity index (χ2v) is 9.86. The number of rotatable bonds is 7. The lowest BCUT2D eigenvalue weighted by Crippen LogP contribution is -2.36. The van der Waals surface area contributed by atoms with E-state index in [1.54, 1.807) is 22.9 Å². The van der Waals surface area contributed by atoms with E-state index in [0.29, 0.717) is 5.92 Å². The van der Waals surface area contributed by atoms with E-state index < -0.39 is 0 Å². The van der Waals surface area contributed by atoms with Crippen LogP contribution in [0.5, 0.6) is 0 Å². The van der Waals surface area contributed by atoms with Crippen molar-refractivity contribution in [3.05, 3.63) is 35.7 Å². The van der Waals surface area contributed by atoms with Crippen molar-refractivity contribution < 1.29 is 9.53 Å². The Bertz CT molecular complexity index is 1050. The van der Waals surface area contributed by atoms with Crippen molar-refractivity contribution in [3.63, 3.8) is 0 Å². The number of hydrogen-bond acceptors (Lipinski definition) is 6. The largest absolute Gasteiger partial charge is 0.380 e. The molecule has 1 aromatic carbocycles. The molecule has 3 aromatic rings. The van der Waals surface area contributed by atoms with Crippen molar-refractivity contribution in [3.8, 4) is 11.1 Å². The number of thiophene rings is 1. The highest BCUT2D eigenvalue weighted by molar-refractivity contribution is 7.17. The quantitative estimate of drug-likeness (QED) is 0.484. The Morgan fingerprint density at radius 1 is 1.12 bits per heavy atom. The monoisotopic (exact) mass is 452 g/mol. The Kier molecular flexibility index (Phi) is 6.57. The first-order valence-corrected chi connectivity index (χ1v) is 12.7. The molecule has 0 radical (unpaired) electrons. The first kappa shape index (κ1) is 21.6. The maximum atomic E-state index is 12.3. The van der Waals surface area contributed by atoms with Crippen LogP contribution in [0, 0.1) is 5.92 Å². The van der Waals surface area contributed by atoms with Crippen LogP contribution >= 0.6 is 11.3 Å². The van der Waals surface area contributed by atoms with E-state index in [-0.39, 0.29) is 5.91 Å². The molecule has 170 valence electrons. The molecule has 32 heavy (non-hydrogen) atoms. The number of likely N-dealkylation sites (tertiary alicyclic amines) is 1. The molecule has 7 heteroatoms. The summed E-state index contributed by atoms with van der Waals surface area (Å²) in [6.07, 6.45) is 4.87. The van der Waals surface area contributed by atoms with Crippen molar-refractivity contribution >= 4 is 33.3 Å². The lowest BCUT2D eigenvalue weighted by Gasteiger charge is -2.32. The van der Waals surface area contributed by atoms with E-state index >= 15 is 0 Å². The van der Waals surface area contributed by atoms with Crippen molar-refractivity contribution in [1.82, 2.24) is 14.7 Å². The Hall–Kier alpha value is -2.22. The maximum Gasteiger partial charge on any atom is 0.245 e. The van der Waals surface area contributed by atoms with E-state index in [4.69, 9.17) is 9.84 Å². The number of piperidine rings is 1. The fourth-order valence-corrected chi connectivity index (χ4v) is 6.01. The molecule has 2 aliphatic rings. The summed E-state index contributed by atoms with van der Waals surface area (Å²) in [5.74, 6) is 1.51. The minimum Gasteiger partial charge on any atom is -0.380 e. The number of carbonyl (C=O) groups excluding carboxylic acids is 1. The van der Waals surface area contributed by atoms with Gasteiger partial charge in [0.25, 0.3) is 0 Å². The van der Waals surface area contributed by atoms with Gasteiger partial charge in [0.15, 0.2) is 5.82 Å². The topological polar surface area (TPSA) is 50.6 Å². The summed E-state index contributed by atoms with van der Waals surface area (Å²) in [6, 6.07) is 10.4. The van der Waals surface area contributed by atoms with Gasteiger partial charge in [0.1, 0.15) is 4.83 Å². The Morgan fingerprint density at radius 2 is 1.88 bits per heavy atom. The summed E-state index contributed by atoms with van der Waals surface area (Å²) < 4.78 is 7.60. The average Bonchev–Trinajstić information content (AvgIpc) is 3.55. The second kappa shape index (κ2) is 9.73. The molecular formula is C25H32N4O2S. The smallest absolute Gasteiger partial charge is 0.245 e. The van der Waals surface area contributed by atoms with Crippen LogP contribution in [0.25, 0.3) is 21.3 Å². The third-order valence-electron chi connectivity index (χ3n) is 6.78. The number of nitrogens with zero attached hydrogens (tertiary/aromatic N) is 4. The van der Waals surface area contributed by atoms with Crippen LogP contribution in [0.15, 0.2) is 35.7 Å². The van der Waals surface area contributed by atoms with Gasteiger partial charge >= 0.3 is 0 Å². The molecule has 0 N–H and O–H groups in total. The number of hydrogen-bond donors (Lipinski definition) is 0. The zero-order chi connectivity index (χ0) is 21.9. The fraction of sp³-hybridized carbons (Fsp3) is 0.520. The zero-order valence-corrected chi connectivity index (χ0v) is 19.6. The number of ether oxygens (including phenoxy) is 1. The van der Waals surface area contributed by atoms with Gasteiger partial charge in [-0.1, -0.05) is 30.3 Å². The fourth-order valence-electron chi connectivity index (χ4n) is 4.94. The standard InChI is InChI=1S/C25H32N4O2S/c1-19(30)29-25-23(22(18-32-25)21-7-3-2-4-8-21)24(26-29)28-13-9-20(10-14-28)17-31-16-15-27-11-5-6-12-27/h2-4,7-8,18,20H,5-6,9-17H2,1H3. The Labute approximate surface area is 193 Å². The molecule has 2 fully saturated rings. The SMILES string of the molecule is CC(=O)n1nc(N2CCC(COCCN3CCCC3)CC2)c2c(-c3ccccc3)csc21. The van der Waals surface area contributed by atoms with Crippen LogP contribution in [0.4, 0.5) is 5.82 Å². The molecule has 4 heterocycles. The number of aromatic nitrogens is 2. The molecule has 0 amide bonds. The summed E-state index contributed by atoms with van der Waals surface area (Å²) in [6.45, 7) is 8.73. The molecule has 0 bridgehead atoms. The predicted octanol–water partition coefficient (Wildman–Crippen LogP) is 4.75. The Morgan fingerprint density at radius 3 is 2.59 bits per heavy atom. The molecule has 0 aliphatic carbocycles. The zero-order valence-electron chi connectivity index (χ0n) is 18.8. The van der Waals surface area contributed by atoms with Crippen LogP contribution in [-0.4, -0.2) is 66.5 Å². The van der Waals surface area contributed by atoms with Crippen LogP contribution in [0.1, 0.15) is 37.4 Å². The summed E-state index contributed by atoms with van der Waals surface area (Å²) in [5.41, 5.74) is 2.34. The molecule has 2 saturated heterocycles. The summed E-state index contributed by atoms with van der Waals surface area (Å²) >= 11 is 1.60. The second-order valence-electron chi connectivity index (χ2n) is 9.00. The molecule has 2 aliphatic heterocycles. The van der Waals surface area contributed by atoms with E-state index in [9.17, 15) is 4.79 Å². The molecule has 6 nitrogen and oxygen atoms in total. The van der Waals surface area contributed by atoms with Gasteiger partial charge in [-0.05, 0) is 50.3 Å². The Balaban J connectivity index is 1.27. The normalized spacial score (nSPS) is 18.1. The highest BCUT2D eigenvalue weighted by atomic mass is 32.1. The van der Waals surface area contributed by atoms with E-state index in [1.807, 2.05) is 6.07 Å². The van der Waals surface area contributed by atoms with Gasteiger partial charge in [-0.2, -0.15) is 4.68 Å². The summed E-state index contributed by atoms with van der Waals surface area (Å²) in [5, 5.41) is 8.04. The third-order valence-corrected chi connectivity index (χ3v) is 7.74. The van der Waals surface area contributed by atoms with Crippen molar-refractivity contribution in [2.45, 2.75) is 32.6 Å². The van der Waals surface area contributed by atoms with Crippen molar-refractivity contribution in [2.24, 2.45) is 5.92 Å². The first-order valence-electron chi connectivity index (χ1n) is 11.8. The van der Waals surface area contributed by atoms with E-state index in [0.717, 1.165) is 61.7 Å². The molecule has 0 atom stereocenters. The first-order chi connectivity index (χ1) is 15.7. The lowest BCUT2D eigenvalue weighted by atomic mass is 9.97. The van der Waals surface area contributed by atoms with Crippen molar-refractivity contribution in [2.75, 3.05) is 50.8 Å². The van der Waals surface area contributed by atoms with Gasteiger partial charge in [0.2, 0.25) is 5.91 Å². The van der Waals surface area contributed by atoms with Crippen LogP contribution in [-0.2, 0) is 4.74 Å². The molecule has 0 unspecified atom stereocenters. The van der Waals surface area contributed by atoms with Gasteiger partial charge in [0, 0.05) is 44.1 Å². The van der Waals surface area contributed by atoms with Crippen LogP contribution in [0.3, 0.4) is 0 Å². The lowest BCUT2D eigenvalue weighted by molar-refractivity contribution is 0.0753. The highest BCUT2D eigenvalue weighted by Gasteiger charge is 2.27. The van der Waals surface area contributed by atoms with Gasteiger partial charge < -0.3 is 14.5 Å². The number of fused-ring (bicyclic) bond motifs is 1. The van der Waals surface area contributed by atoms with Gasteiger partial charge in [0.05, 0.1) is 12.0 Å². The minimum absolute atomic E-state index is 0.0380. The minimum atomic E-state index is -0.0380. The summed E-state index contributed by atoms with van der Waals surface area (Å²) in [4.78, 5) is 18.1. The van der Waals surface area contributed by atoms with Gasteiger partial charge in [-0.3, -0.25) is 4.79 Å². The maximum absolute atomic E-state index is 12.3. The number of benzene rings is 1. The highest BCUT2D eigenvalue weighted by Crippen LogP contribution is 2.40. The van der Waals surface area contributed by atoms with Gasteiger partial charge in [-0.15, -0.1) is 16.4 Å². The summed E-state index contributed by atoms with van der Waals surface area (Å²) in [7, 11) is 0. The molecule has 5 rings (SSSR count). The van der Waals surface area contributed by atoms with Crippen molar-refractivity contribution in [1.29, 1.82) is 0 Å². The molecular weight excluding hydrogens is 420 g/mol. The van der Waals surface area contributed by atoms with Crippen LogP contribution < -0.4 is 4.90 Å². The van der Waals surface area contributed by atoms with E-state index in [1.165, 1.54) is 37.1 Å². The molecule has 0 spiro atoms. The van der Waals surface area contributed by atoms with Gasteiger partial charge in [-0.25, -0.2) is 0 Å². The number of carbonyl (C=O) groups is 1. The molecule has 0 saturated carbocycles. The molecule has 2 aromatic heterocycles. The average molecular weight is 453 g/mol. The number of anilines is 1. The predicted molar refractivity (Wildman–Crippen MR) is 131 cm³/mol.